The molecule has 1 aliphatic rings. The van der Waals surface area contributed by atoms with Crippen LogP contribution in [0.5, 0.6) is 0 Å². The van der Waals surface area contributed by atoms with Gasteiger partial charge in [0.05, 0.1) is 0 Å². The first-order chi connectivity index (χ1) is 6.66. The van der Waals surface area contributed by atoms with Crippen molar-refractivity contribution >= 4 is 5.91 Å². The molecule has 3 N–H and O–H groups in total. The van der Waals surface area contributed by atoms with Crippen LogP contribution >= 0.6 is 0 Å². The highest BCUT2D eigenvalue weighted by molar-refractivity contribution is 5.77. The van der Waals surface area contributed by atoms with Gasteiger partial charge in [0.2, 0.25) is 5.91 Å². The minimum atomic E-state index is -0.162. The second-order valence-corrected chi connectivity index (χ2v) is 3.70. The highest BCUT2D eigenvalue weighted by Gasteiger charge is 2.29. The summed E-state index contributed by atoms with van der Waals surface area (Å²) in [6.07, 6.45) is 1.23. The number of aryl methyl sites for hydroxylation is 1. The first-order valence-corrected chi connectivity index (χ1v) is 4.78. The van der Waals surface area contributed by atoms with Gasteiger partial charge in [0.15, 0.2) is 0 Å². The fourth-order valence-corrected chi connectivity index (χ4v) is 1.72. The minimum absolute atomic E-state index is 0.0433. The second-order valence-electron chi connectivity index (χ2n) is 3.70. The van der Waals surface area contributed by atoms with Gasteiger partial charge in [0, 0.05) is 12.5 Å². The van der Waals surface area contributed by atoms with Gasteiger partial charge in [-0.2, -0.15) is 0 Å². The van der Waals surface area contributed by atoms with Crippen LogP contribution < -0.4 is 11.1 Å². The molecule has 0 aromatic carbocycles. The van der Waals surface area contributed by atoms with Crippen LogP contribution in [-0.4, -0.2) is 11.9 Å². The summed E-state index contributed by atoms with van der Waals surface area (Å²) in [5.74, 6) is 1.64. The van der Waals surface area contributed by atoms with E-state index in [0.29, 0.717) is 6.42 Å². The molecular formula is C10H14N2O2. The smallest absolute Gasteiger partial charge is 0.220 e. The van der Waals surface area contributed by atoms with Gasteiger partial charge in [-0.25, -0.2) is 0 Å². The molecule has 0 radical (unpaired) electrons. The molecule has 0 aliphatic carbocycles. The summed E-state index contributed by atoms with van der Waals surface area (Å²) >= 11 is 0. The second kappa shape index (κ2) is 3.46. The van der Waals surface area contributed by atoms with Gasteiger partial charge in [-0.15, -0.1) is 0 Å². The molecular weight excluding hydrogens is 180 g/mol. The van der Waals surface area contributed by atoms with E-state index in [1.807, 2.05) is 19.1 Å². The lowest BCUT2D eigenvalue weighted by Crippen LogP contribution is -2.45. The largest absolute Gasteiger partial charge is 0.464 e. The summed E-state index contributed by atoms with van der Waals surface area (Å²) in [5.41, 5.74) is 5.91. The van der Waals surface area contributed by atoms with E-state index in [1.54, 1.807) is 0 Å². The number of piperidine rings is 1. The summed E-state index contributed by atoms with van der Waals surface area (Å²) in [6.45, 7) is 1.87. The highest BCUT2D eigenvalue weighted by atomic mass is 16.3. The third-order valence-corrected chi connectivity index (χ3v) is 2.52. The molecule has 2 atom stereocenters. The fraction of sp³-hybridized carbons (Fsp3) is 0.500. The van der Waals surface area contributed by atoms with Crippen molar-refractivity contribution in [2.75, 3.05) is 0 Å². The van der Waals surface area contributed by atoms with E-state index in [1.165, 1.54) is 0 Å². The maximum Gasteiger partial charge on any atom is 0.220 e. The van der Waals surface area contributed by atoms with Gasteiger partial charge < -0.3 is 15.5 Å². The number of hydrogen-bond acceptors (Lipinski definition) is 3. The fourth-order valence-electron chi connectivity index (χ4n) is 1.72. The van der Waals surface area contributed by atoms with Crippen LogP contribution in [0.3, 0.4) is 0 Å². The lowest BCUT2D eigenvalue weighted by atomic mass is 9.97. The molecule has 2 rings (SSSR count). The Labute approximate surface area is 82.5 Å². The lowest BCUT2D eigenvalue weighted by Gasteiger charge is -2.27. The molecule has 0 saturated carbocycles. The van der Waals surface area contributed by atoms with Gasteiger partial charge in [-0.3, -0.25) is 4.79 Å². The van der Waals surface area contributed by atoms with Crippen molar-refractivity contribution in [2.45, 2.75) is 31.8 Å². The van der Waals surface area contributed by atoms with E-state index in [2.05, 4.69) is 5.32 Å². The molecule has 4 nitrogen and oxygen atoms in total. The van der Waals surface area contributed by atoms with Gasteiger partial charge in [-0.1, -0.05) is 0 Å². The molecule has 1 aromatic heterocycles. The van der Waals surface area contributed by atoms with Crippen LogP contribution in [0.4, 0.5) is 0 Å². The van der Waals surface area contributed by atoms with Gasteiger partial charge in [0.1, 0.15) is 17.6 Å². The highest BCUT2D eigenvalue weighted by Crippen LogP contribution is 2.24. The summed E-state index contributed by atoms with van der Waals surface area (Å²) in [6, 6.07) is 3.54. The number of hydrogen-bond donors (Lipinski definition) is 2. The zero-order valence-corrected chi connectivity index (χ0v) is 8.12. The molecule has 14 heavy (non-hydrogen) atoms. The number of amides is 1. The first kappa shape index (κ1) is 9.27. The van der Waals surface area contributed by atoms with Crippen molar-refractivity contribution in [1.82, 2.24) is 5.32 Å². The van der Waals surface area contributed by atoms with Crippen LogP contribution in [0.1, 0.15) is 30.4 Å². The number of nitrogens with one attached hydrogen (secondary N) is 1. The van der Waals surface area contributed by atoms with E-state index in [-0.39, 0.29) is 18.0 Å². The van der Waals surface area contributed by atoms with Crippen LogP contribution in [0.25, 0.3) is 0 Å². The predicted octanol–water partition coefficient (Wildman–Crippen LogP) is 0.866. The molecule has 1 aliphatic heterocycles. The molecule has 1 amide bonds. The van der Waals surface area contributed by atoms with Crippen molar-refractivity contribution in [1.29, 1.82) is 0 Å². The van der Waals surface area contributed by atoms with Crippen LogP contribution in [-0.2, 0) is 4.79 Å². The molecule has 4 heteroatoms. The topological polar surface area (TPSA) is 68.3 Å². The van der Waals surface area contributed by atoms with E-state index in [9.17, 15) is 4.79 Å². The molecule has 76 valence electrons. The summed E-state index contributed by atoms with van der Waals surface area (Å²) in [7, 11) is 0. The Balaban J connectivity index is 2.19. The van der Waals surface area contributed by atoms with E-state index in [4.69, 9.17) is 10.2 Å². The number of furan rings is 1. The van der Waals surface area contributed by atoms with Gasteiger partial charge in [0.25, 0.3) is 0 Å². The van der Waals surface area contributed by atoms with E-state index < -0.39 is 0 Å². The SMILES string of the molecule is Cc1ccc(C2NC(=O)CCC2N)o1. The Kier molecular flexibility index (Phi) is 2.29. The lowest BCUT2D eigenvalue weighted by molar-refractivity contribution is -0.123. The maximum atomic E-state index is 11.2. The standard InChI is InChI=1S/C10H14N2O2/c1-6-2-4-8(14-6)10-7(11)3-5-9(13)12-10/h2,4,7,10H,3,5,11H2,1H3,(H,12,13). The number of carbonyl (C=O) groups is 1. The van der Waals surface area contributed by atoms with Crippen LogP contribution in [0.15, 0.2) is 16.5 Å². The Morgan fingerprint density at radius 2 is 2.36 bits per heavy atom. The zero-order valence-electron chi connectivity index (χ0n) is 8.12. The van der Waals surface area contributed by atoms with E-state index in [0.717, 1.165) is 17.9 Å². The first-order valence-electron chi connectivity index (χ1n) is 4.78. The predicted molar refractivity (Wildman–Crippen MR) is 51.5 cm³/mol. The Morgan fingerprint density at radius 1 is 1.57 bits per heavy atom. The number of rotatable bonds is 1. The van der Waals surface area contributed by atoms with Crippen LogP contribution in [0.2, 0.25) is 0 Å². The van der Waals surface area contributed by atoms with E-state index >= 15 is 0 Å². The Morgan fingerprint density at radius 3 is 3.00 bits per heavy atom. The minimum Gasteiger partial charge on any atom is -0.464 e. The van der Waals surface area contributed by atoms with Gasteiger partial charge in [-0.05, 0) is 25.5 Å². The van der Waals surface area contributed by atoms with Crippen LogP contribution in [0, 0.1) is 6.92 Å². The Bertz CT molecular complexity index is 346. The molecule has 2 unspecified atom stereocenters. The number of carbonyl (C=O) groups excluding carboxylic acids is 1. The average Bonchev–Trinajstić information content (AvgIpc) is 2.56. The normalized spacial score (nSPS) is 27.4. The molecule has 1 fully saturated rings. The third-order valence-electron chi connectivity index (χ3n) is 2.52. The molecule has 0 spiro atoms. The zero-order chi connectivity index (χ0) is 10.1. The summed E-state index contributed by atoms with van der Waals surface area (Å²) < 4.78 is 5.45. The van der Waals surface area contributed by atoms with Crippen molar-refractivity contribution in [3.05, 3.63) is 23.7 Å². The maximum absolute atomic E-state index is 11.2. The van der Waals surface area contributed by atoms with Crippen molar-refractivity contribution < 1.29 is 9.21 Å². The van der Waals surface area contributed by atoms with Crippen molar-refractivity contribution in [3.8, 4) is 0 Å². The quantitative estimate of drug-likeness (QED) is 0.697. The van der Waals surface area contributed by atoms with Gasteiger partial charge >= 0.3 is 0 Å². The van der Waals surface area contributed by atoms with Crippen molar-refractivity contribution in [3.63, 3.8) is 0 Å². The van der Waals surface area contributed by atoms with Crippen molar-refractivity contribution in [2.24, 2.45) is 5.73 Å². The third kappa shape index (κ3) is 1.65. The average molecular weight is 194 g/mol. The molecule has 1 aromatic rings. The molecule has 1 saturated heterocycles. The summed E-state index contributed by atoms with van der Waals surface area (Å²) in [4.78, 5) is 11.2. The Hall–Kier alpha value is -1.29. The number of nitrogens with two attached hydrogens (primary N) is 1. The summed E-state index contributed by atoms with van der Waals surface area (Å²) in [5, 5.41) is 2.84. The molecule has 0 bridgehead atoms. The monoisotopic (exact) mass is 194 g/mol. The molecule has 2 heterocycles.